The van der Waals surface area contributed by atoms with Gasteiger partial charge in [0.1, 0.15) is 0 Å². The van der Waals surface area contributed by atoms with Gasteiger partial charge >= 0.3 is 0 Å². The minimum absolute atomic E-state index is 0.510. The van der Waals surface area contributed by atoms with Crippen LogP contribution in [0, 0.1) is 6.92 Å². The number of fused-ring (bicyclic) bond motifs is 3. The van der Waals surface area contributed by atoms with Crippen LogP contribution in [0.15, 0.2) is 48.5 Å². The Kier molecular flexibility index (Phi) is 3.28. The lowest BCUT2D eigenvalue weighted by Crippen LogP contribution is -2.50. The van der Waals surface area contributed by atoms with Crippen molar-refractivity contribution in [2.45, 2.75) is 18.9 Å². The largest absolute Gasteiger partial charge is 0.314 e. The van der Waals surface area contributed by atoms with Gasteiger partial charge in [-0.3, -0.25) is 4.90 Å². The molecule has 2 heteroatoms. The van der Waals surface area contributed by atoms with Crippen molar-refractivity contribution < 1.29 is 0 Å². The van der Waals surface area contributed by atoms with Crippen LogP contribution in [0.25, 0.3) is 0 Å². The molecular weight excluding hydrogens is 256 g/mol. The fourth-order valence-electron chi connectivity index (χ4n) is 3.82. The highest BCUT2D eigenvalue weighted by atomic mass is 15.2. The third kappa shape index (κ3) is 2.29. The number of rotatable bonds is 1. The van der Waals surface area contributed by atoms with E-state index in [1.165, 1.54) is 22.3 Å². The standard InChI is InChI=1S/C19H22N2/c1-14-6-8-15(9-7-14)18-13-21-11-10-20-12-19(21)17-5-3-2-4-16(17)18/h2-9,18-20H,10-13H2,1H3/t18-,19-/m0/s1. The summed E-state index contributed by atoms with van der Waals surface area (Å²) in [6, 6.07) is 18.7. The van der Waals surface area contributed by atoms with Crippen LogP contribution >= 0.6 is 0 Å². The Hall–Kier alpha value is -1.64. The SMILES string of the molecule is Cc1ccc([C@@H]2CN3CCNC[C@H]3c3ccccc32)cc1. The van der Waals surface area contributed by atoms with E-state index in [0.717, 1.165) is 26.2 Å². The molecule has 0 radical (unpaired) electrons. The van der Waals surface area contributed by atoms with Crippen molar-refractivity contribution in [2.24, 2.45) is 0 Å². The van der Waals surface area contributed by atoms with Crippen molar-refractivity contribution in [3.05, 3.63) is 70.8 Å². The zero-order valence-corrected chi connectivity index (χ0v) is 12.5. The van der Waals surface area contributed by atoms with Gasteiger partial charge in [0.15, 0.2) is 0 Å². The van der Waals surface area contributed by atoms with Gasteiger partial charge in [-0.1, -0.05) is 54.1 Å². The molecule has 0 amide bonds. The molecule has 1 N–H and O–H groups in total. The van der Waals surface area contributed by atoms with Gasteiger partial charge in [-0.05, 0) is 23.6 Å². The molecule has 2 aliphatic rings. The molecule has 0 saturated carbocycles. The first-order chi connectivity index (χ1) is 10.3. The molecule has 0 aliphatic carbocycles. The highest BCUT2D eigenvalue weighted by molar-refractivity contribution is 5.43. The van der Waals surface area contributed by atoms with E-state index in [0.29, 0.717) is 12.0 Å². The molecule has 2 heterocycles. The van der Waals surface area contributed by atoms with E-state index in [4.69, 9.17) is 0 Å². The predicted molar refractivity (Wildman–Crippen MR) is 86.6 cm³/mol. The topological polar surface area (TPSA) is 15.3 Å². The first-order valence-electron chi connectivity index (χ1n) is 7.93. The molecule has 4 rings (SSSR count). The van der Waals surface area contributed by atoms with Crippen LogP contribution in [0.1, 0.15) is 34.2 Å². The number of nitrogens with zero attached hydrogens (tertiary/aromatic N) is 1. The van der Waals surface area contributed by atoms with E-state index >= 15 is 0 Å². The maximum atomic E-state index is 3.55. The monoisotopic (exact) mass is 278 g/mol. The molecule has 0 unspecified atom stereocenters. The van der Waals surface area contributed by atoms with Crippen LogP contribution in [0.2, 0.25) is 0 Å². The molecule has 0 bridgehead atoms. The lowest BCUT2D eigenvalue weighted by atomic mass is 9.80. The predicted octanol–water partition coefficient (Wildman–Crippen LogP) is 3.09. The summed E-state index contributed by atoms with van der Waals surface area (Å²) in [6.45, 7) is 6.65. The van der Waals surface area contributed by atoms with Gasteiger partial charge < -0.3 is 5.32 Å². The molecule has 2 aromatic rings. The normalized spacial score (nSPS) is 25.2. The second kappa shape index (κ2) is 5.28. The van der Waals surface area contributed by atoms with Gasteiger partial charge in [0.25, 0.3) is 0 Å². The summed E-state index contributed by atoms with van der Waals surface area (Å²) in [5, 5.41) is 3.55. The summed E-state index contributed by atoms with van der Waals surface area (Å²) >= 11 is 0. The highest BCUT2D eigenvalue weighted by Crippen LogP contribution is 2.39. The quantitative estimate of drug-likeness (QED) is 0.862. The van der Waals surface area contributed by atoms with E-state index in [2.05, 4.69) is 65.7 Å². The first-order valence-corrected chi connectivity index (χ1v) is 7.93. The Labute approximate surface area is 126 Å². The van der Waals surface area contributed by atoms with E-state index in [1.807, 2.05) is 0 Å². The van der Waals surface area contributed by atoms with Crippen LogP contribution in [0.4, 0.5) is 0 Å². The molecule has 2 nitrogen and oxygen atoms in total. The maximum Gasteiger partial charge on any atom is 0.0476 e. The van der Waals surface area contributed by atoms with Crippen molar-refractivity contribution in [3.8, 4) is 0 Å². The Morgan fingerprint density at radius 3 is 2.57 bits per heavy atom. The van der Waals surface area contributed by atoms with Crippen molar-refractivity contribution >= 4 is 0 Å². The van der Waals surface area contributed by atoms with Crippen molar-refractivity contribution in [1.29, 1.82) is 0 Å². The number of hydrogen-bond acceptors (Lipinski definition) is 2. The zero-order chi connectivity index (χ0) is 14.2. The molecule has 2 aromatic carbocycles. The van der Waals surface area contributed by atoms with E-state index < -0.39 is 0 Å². The molecule has 2 atom stereocenters. The Morgan fingerprint density at radius 2 is 1.76 bits per heavy atom. The van der Waals surface area contributed by atoms with Gasteiger partial charge in [0, 0.05) is 38.1 Å². The summed E-state index contributed by atoms with van der Waals surface area (Å²) in [7, 11) is 0. The maximum absolute atomic E-state index is 3.55. The number of hydrogen-bond donors (Lipinski definition) is 1. The molecule has 2 aliphatic heterocycles. The number of nitrogens with one attached hydrogen (secondary N) is 1. The minimum atomic E-state index is 0.510. The van der Waals surface area contributed by atoms with Gasteiger partial charge in [0.05, 0.1) is 0 Å². The van der Waals surface area contributed by atoms with E-state index in [9.17, 15) is 0 Å². The van der Waals surface area contributed by atoms with Gasteiger partial charge in [-0.15, -0.1) is 0 Å². The van der Waals surface area contributed by atoms with Gasteiger partial charge in [-0.25, -0.2) is 0 Å². The van der Waals surface area contributed by atoms with Crippen LogP contribution < -0.4 is 5.32 Å². The second-order valence-electron chi connectivity index (χ2n) is 6.31. The van der Waals surface area contributed by atoms with Crippen LogP contribution in [-0.4, -0.2) is 31.1 Å². The molecule has 0 spiro atoms. The third-order valence-corrected chi connectivity index (χ3v) is 4.98. The Bertz CT molecular complexity index is 632. The van der Waals surface area contributed by atoms with Crippen LogP contribution in [-0.2, 0) is 0 Å². The van der Waals surface area contributed by atoms with E-state index in [1.54, 1.807) is 0 Å². The van der Waals surface area contributed by atoms with Gasteiger partial charge in [0.2, 0.25) is 0 Å². The first kappa shape index (κ1) is 13.1. The molecule has 21 heavy (non-hydrogen) atoms. The molecule has 0 aromatic heterocycles. The summed E-state index contributed by atoms with van der Waals surface area (Å²) in [6.07, 6.45) is 0. The Balaban J connectivity index is 1.79. The van der Waals surface area contributed by atoms with Crippen molar-refractivity contribution in [3.63, 3.8) is 0 Å². The smallest absolute Gasteiger partial charge is 0.0476 e. The number of piperazine rings is 1. The van der Waals surface area contributed by atoms with E-state index in [-0.39, 0.29) is 0 Å². The molecule has 1 saturated heterocycles. The number of aryl methyl sites for hydroxylation is 1. The van der Waals surface area contributed by atoms with Crippen molar-refractivity contribution in [2.75, 3.05) is 26.2 Å². The average molecular weight is 278 g/mol. The van der Waals surface area contributed by atoms with Gasteiger partial charge in [-0.2, -0.15) is 0 Å². The number of benzene rings is 2. The average Bonchev–Trinajstić information content (AvgIpc) is 2.55. The summed E-state index contributed by atoms with van der Waals surface area (Å²) < 4.78 is 0. The summed E-state index contributed by atoms with van der Waals surface area (Å²) in [5.74, 6) is 0.510. The fourth-order valence-corrected chi connectivity index (χ4v) is 3.82. The zero-order valence-electron chi connectivity index (χ0n) is 12.5. The lowest BCUT2D eigenvalue weighted by Gasteiger charge is -2.44. The molecule has 108 valence electrons. The highest BCUT2D eigenvalue weighted by Gasteiger charge is 2.34. The second-order valence-corrected chi connectivity index (χ2v) is 6.31. The Morgan fingerprint density at radius 1 is 1.00 bits per heavy atom. The summed E-state index contributed by atoms with van der Waals surface area (Å²) in [5.41, 5.74) is 5.82. The summed E-state index contributed by atoms with van der Waals surface area (Å²) in [4.78, 5) is 2.66. The molecular formula is C19H22N2. The minimum Gasteiger partial charge on any atom is -0.314 e. The van der Waals surface area contributed by atoms with Crippen LogP contribution in [0.5, 0.6) is 0 Å². The third-order valence-electron chi connectivity index (χ3n) is 4.98. The fraction of sp³-hybridized carbons (Fsp3) is 0.368. The lowest BCUT2D eigenvalue weighted by molar-refractivity contribution is 0.143. The van der Waals surface area contributed by atoms with Crippen molar-refractivity contribution in [1.82, 2.24) is 10.2 Å². The van der Waals surface area contributed by atoms with Crippen LogP contribution in [0.3, 0.4) is 0 Å². The molecule has 1 fully saturated rings.